The van der Waals surface area contributed by atoms with E-state index in [2.05, 4.69) is 26.6 Å². The van der Waals surface area contributed by atoms with E-state index in [-0.39, 0.29) is 24.1 Å². The molecule has 2 aliphatic rings. The minimum absolute atomic E-state index is 0.0932. The van der Waals surface area contributed by atoms with Crippen molar-refractivity contribution >= 4 is 51.4 Å². The first kappa shape index (κ1) is 22.7. The summed E-state index contributed by atoms with van der Waals surface area (Å²) in [6.45, 7) is -0.187. The Balaban J connectivity index is 1.44. The van der Waals surface area contributed by atoms with Crippen molar-refractivity contribution in [3.05, 3.63) is 64.1 Å². The molecule has 1 aliphatic carbocycles. The van der Waals surface area contributed by atoms with Crippen LogP contribution in [0.15, 0.2) is 58.6 Å². The van der Waals surface area contributed by atoms with Crippen molar-refractivity contribution < 1.29 is 23.9 Å². The van der Waals surface area contributed by atoms with Crippen LogP contribution in [0.4, 0.5) is 10.5 Å². The van der Waals surface area contributed by atoms with E-state index in [1.807, 2.05) is 18.2 Å². The molecular formula is C24H22BrN3O5. The SMILES string of the molecule is O=C(COc1ccc(/C=C2\C(=O)NC(=O)N(C3CCCC3)C2=O)cc1Br)Nc1ccccc1. The summed E-state index contributed by atoms with van der Waals surface area (Å²) in [5.41, 5.74) is 1.15. The first-order chi connectivity index (χ1) is 15.9. The molecule has 1 saturated carbocycles. The molecule has 0 atom stereocenters. The number of nitrogens with zero attached hydrogens (tertiary/aromatic N) is 1. The van der Waals surface area contributed by atoms with Gasteiger partial charge in [0.2, 0.25) is 0 Å². The zero-order valence-electron chi connectivity index (χ0n) is 17.7. The molecule has 4 rings (SSSR count). The standard InChI is InChI=1S/C24H22BrN3O5/c25-19-13-15(10-11-20(19)33-14-21(29)26-16-6-2-1-3-7-16)12-18-22(30)27-24(32)28(23(18)31)17-8-4-5-9-17/h1-3,6-7,10-13,17H,4-5,8-9,14H2,(H,26,29)(H,27,30,32)/b18-12+. The Morgan fingerprint density at radius 3 is 2.55 bits per heavy atom. The number of carbonyl (C=O) groups excluding carboxylic acids is 4. The summed E-state index contributed by atoms with van der Waals surface area (Å²) in [7, 11) is 0. The average molecular weight is 512 g/mol. The van der Waals surface area contributed by atoms with Crippen LogP contribution in [-0.2, 0) is 14.4 Å². The largest absolute Gasteiger partial charge is 0.483 e. The van der Waals surface area contributed by atoms with Gasteiger partial charge >= 0.3 is 6.03 Å². The summed E-state index contributed by atoms with van der Waals surface area (Å²) >= 11 is 3.40. The maximum absolute atomic E-state index is 12.9. The van der Waals surface area contributed by atoms with Gasteiger partial charge in [0.05, 0.1) is 4.47 Å². The maximum atomic E-state index is 12.9. The zero-order chi connectivity index (χ0) is 23.4. The number of halogens is 1. The summed E-state index contributed by atoms with van der Waals surface area (Å²) in [6, 6.07) is 13.2. The fourth-order valence-corrected chi connectivity index (χ4v) is 4.43. The maximum Gasteiger partial charge on any atom is 0.331 e. The summed E-state index contributed by atoms with van der Waals surface area (Å²) in [4.78, 5) is 50.7. The van der Waals surface area contributed by atoms with Gasteiger partial charge in [0, 0.05) is 11.7 Å². The fourth-order valence-electron chi connectivity index (χ4n) is 3.92. The number of benzene rings is 2. The summed E-state index contributed by atoms with van der Waals surface area (Å²) in [6.07, 6.45) is 4.84. The third-order valence-corrected chi connectivity index (χ3v) is 6.13. The molecule has 0 unspecified atom stereocenters. The summed E-state index contributed by atoms with van der Waals surface area (Å²) in [5, 5.41) is 5.00. The molecule has 170 valence electrons. The van der Waals surface area contributed by atoms with E-state index < -0.39 is 17.8 Å². The number of para-hydroxylation sites is 1. The number of amides is 5. The van der Waals surface area contributed by atoms with Crippen molar-refractivity contribution in [2.24, 2.45) is 0 Å². The molecule has 2 N–H and O–H groups in total. The van der Waals surface area contributed by atoms with Crippen LogP contribution in [0.3, 0.4) is 0 Å². The minimum Gasteiger partial charge on any atom is -0.483 e. The van der Waals surface area contributed by atoms with E-state index in [4.69, 9.17) is 4.74 Å². The van der Waals surface area contributed by atoms with Gasteiger partial charge in [0.25, 0.3) is 17.7 Å². The van der Waals surface area contributed by atoms with E-state index >= 15 is 0 Å². The molecule has 8 nitrogen and oxygen atoms in total. The van der Waals surface area contributed by atoms with Gasteiger partial charge in [-0.05, 0) is 64.7 Å². The van der Waals surface area contributed by atoms with Gasteiger partial charge < -0.3 is 10.1 Å². The minimum atomic E-state index is -0.715. The van der Waals surface area contributed by atoms with Crippen molar-refractivity contribution in [2.45, 2.75) is 31.7 Å². The molecule has 1 saturated heterocycles. The number of nitrogens with one attached hydrogen (secondary N) is 2. The number of imide groups is 2. The fraction of sp³-hybridized carbons (Fsp3) is 0.250. The second-order valence-electron chi connectivity index (χ2n) is 7.82. The molecule has 2 aromatic carbocycles. The molecule has 2 fully saturated rings. The van der Waals surface area contributed by atoms with Crippen LogP contribution >= 0.6 is 15.9 Å². The van der Waals surface area contributed by atoms with Gasteiger partial charge in [0.15, 0.2) is 6.61 Å². The van der Waals surface area contributed by atoms with Crippen molar-refractivity contribution in [3.63, 3.8) is 0 Å². The normalized spacial score (nSPS) is 17.9. The van der Waals surface area contributed by atoms with Crippen molar-refractivity contribution in [1.82, 2.24) is 10.2 Å². The van der Waals surface area contributed by atoms with Gasteiger partial charge in [-0.15, -0.1) is 0 Å². The molecule has 0 aromatic heterocycles. The van der Waals surface area contributed by atoms with Crippen molar-refractivity contribution in [2.75, 3.05) is 11.9 Å². The molecule has 0 radical (unpaired) electrons. The second kappa shape index (κ2) is 9.99. The van der Waals surface area contributed by atoms with E-state index in [9.17, 15) is 19.2 Å². The lowest BCUT2D eigenvalue weighted by Crippen LogP contribution is -2.57. The first-order valence-corrected chi connectivity index (χ1v) is 11.4. The highest BCUT2D eigenvalue weighted by Gasteiger charge is 2.40. The molecule has 33 heavy (non-hydrogen) atoms. The lowest BCUT2D eigenvalue weighted by atomic mass is 10.1. The molecule has 9 heteroatoms. The lowest BCUT2D eigenvalue weighted by molar-refractivity contribution is -0.131. The van der Waals surface area contributed by atoms with Crippen LogP contribution in [0, 0.1) is 0 Å². The molecule has 5 amide bonds. The predicted molar refractivity (Wildman–Crippen MR) is 125 cm³/mol. The van der Waals surface area contributed by atoms with Crippen LogP contribution in [0.2, 0.25) is 0 Å². The predicted octanol–water partition coefficient (Wildman–Crippen LogP) is 3.87. The molecule has 0 bridgehead atoms. The van der Waals surface area contributed by atoms with Crippen molar-refractivity contribution in [1.29, 1.82) is 0 Å². The van der Waals surface area contributed by atoms with Crippen LogP contribution in [0.1, 0.15) is 31.2 Å². The van der Waals surface area contributed by atoms with Crippen LogP contribution in [-0.4, -0.2) is 41.3 Å². The molecule has 1 heterocycles. The van der Waals surface area contributed by atoms with Gasteiger partial charge in [-0.2, -0.15) is 0 Å². The Kier molecular flexibility index (Phi) is 6.88. The number of urea groups is 1. The summed E-state index contributed by atoms with van der Waals surface area (Å²) < 4.78 is 6.13. The number of anilines is 1. The van der Waals surface area contributed by atoms with Gasteiger partial charge in [-0.25, -0.2) is 4.79 Å². The second-order valence-corrected chi connectivity index (χ2v) is 8.68. The third-order valence-electron chi connectivity index (χ3n) is 5.51. The number of ether oxygens (including phenoxy) is 1. The van der Waals surface area contributed by atoms with Crippen LogP contribution in [0.25, 0.3) is 6.08 Å². The average Bonchev–Trinajstić information content (AvgIpc) is 3.31. The van der Waals surface area contributed by atoms with E-state index in [0.29, 0.717) is 21.5 Å². The Bertz CT molecular complexity index is 1130. The molecular weight excluding hydrogens is 490 g/mol. The number of hydrogen-bond acceptors (Lipinski definition) is 5. The van der Waals surface area contributed by atoms with Crippen LogP contribution < -0.4 is 15.4 Å². The van der Waals surface area contributed by atoms with Gasteiger partial charge in [-0.1, -0.05) is 37.1 Å². The molecule has 1 aliphatic heterocycles. The molecule has 0 spiro atoms. The number of carbonyl (C=O) groups is 4. The van der Waals surface area contributed by atoms with Gasteiger partial charge in [0.1, 0.15) is 11.3 Å². The first-order valence-electron chi connectivity index (χ1n) is 10.6. The monoisotopic (exact) mass is 511 g/mol. The van der Waals surface area contributed by atoms with E-state index in [1.165, 1.54) is 6.08 Å². The summed E-state index contributed by atoms with van der Waals surface area (Å²) in [5.74, 6) is -1.17. The zero-order valence-corrected chi connectivity index (χ0v) is 19.3. The quantitative estimate of drug-likeness (QED) is 0.452. The Labute approximate surface area is 199 Å². The lowest BCUT2D eigenvalue weighted by Gasteiger charge is -2.31. The number of rotatable bonds is 6. The number of hydrogen-bond donors (Lipinski definition) is 2. The van der Waals surface area contributed by atoms with Crippen LogP contribution in [0.5, 0.6) is 5.75 Å². The topological polar surface area (TPSA) is 105 Å². The van der Waals surface area contributed by atoms with E-state index in [1.54, 1.807) is 30.3 Å². The number of barbiturate groups is 1. The van der Waals surface area contributed by atoms with Gasteiger partial charge in [-0.3, -0.25) is 24.6 Å². The third kappa shape index (κ3) is 5.31. The molecule has 2 aromatic rings. The highest BCUT2D eigenvalue weighted by molar-refractivity contribution is 9.10. The Morgan fingerprint density at radius 2 is 1.85 bits per heavy atom. The Hall–Kier alpha value is -3.46. The highest BCUT2D eigenvalue weighted by Crippen LogP contribution is 2.29. The Morgan fingerprint density at radius 1 is 1.12 bits per heavy atom. The van der Waals surface area contributed by atoms with Crippen molar-refractivity contribution in [3.8, 4) is 5.75 Å². The van der Waals surface area contributed by atoms with E-state index in [0.717, 1.165) is 30.6 Å². The smallest absolute Gasteiger partial charge is 0.331 e. The highest BCUT2D eigenvalue weighted by atomic mass is 79.9.